The highest BCUT2D eigenvalue weighted by Gasteiger charge is 2.38. The van der Waals surface area contributed by atoms with Crippen molar-refractivity contribution in [1.29, 1.82) is 0 Å². The number of halogens is 3. The van der Waals surface area contributed by atoms with E-state index in [0.29, 0.717) is 0 Å². The average Bonchev–Trinajstić information content (AvgIpc) is 2.79. The molecule has 2 aliphatic rings. The lowest BCUT2D eigenvalue weighted by Crippen LogP contribution is -2.29. The zero-order valence-corrected chi connectivity index (χ0v) is 8.64. The number of carboxylic acid groups (broad SMARTS) is 1. The van der Waals surface area contributed by atoms with Crippen molar-refractivity contribution in [1.82, 2.24) is 5.32 Å². The Hall–Kier alpha value is -0.820. The normalized spacial score (nSPS) is 28.9. The lowest BCUT2D eigenvalue weighted by Gasteiger charge is -2.19. The topological polar surface area (TPSA) is 58.6 Å². The van der Waals surface area contributed by atoms with Crippen molar-refractivity contribution < 1.29 is 27.8 Å². The van der Waals surface area contributed by atoms with Crippen molar-refractivity contribution in [2.45, 2.75) is 31.0 Å². The molecule has 2 saturated heterocycles. The van der Waals surface area contributed by atoms with Gasteiger partial charge in [-0.1, -0.05) is 0 Å². The summed E-state index contributed by atoms with van der Waals surface area (Å²) in [7, 11) is 0. The third kappa shape index (κ3) is 3.64. The Labute approximate surface area is 90.8 Å². The van der Waals surface area contributed by atoms with E-state index in [4.69, 9.17) is 14.6 Å². The number of nitrogens with one attached hydrogen (secondary N) is 1. The van der Waals surface area contributed by atoms with E-state index in [0.717, 1.165) is 19.7 Å². The summed E-state index contributed by atoms with van der Waals surface area (Å²) in [6.07, 6.45) is -1.31. The molecule has 2 aliphatic heterocycles. The molecule has 2 heterocycles. The van der Waals surface area contributed by atoms with E-state index in [1.54, 1.807) is 0 Å². The molecule has 2 fully saturated rings. The first-order chi connectivity index (χ1) is 7.36. The second-order valence-corrected chi connectivity index (χ2v) is 3.86. The summed E-state index contributed by atoms with van der Waals surface area (Å²) in [4.78, 5) is 8.90. The van der Waals surface area contributed by atoms with Crippen molar-refractivity contribution >= 4 is 5.97 Å². The maximum absolute atomic E-state index is 10.6. The van der Waals surface area contributed by atoms with Gasteiger partial charge in [0.15, 0.2) is 0 Å². The first-order valence-electron chi connectivity index (χ1n) is 5.01. The van der Waals surface area contributed by atoms with Crippen molar-refractivity contribution in [2.75, 3.05) is 19.7 Å². The zero-order chi connectivity index (χ0) is 12.2. The highest BCUT2D eigenvalue weighted by molar-refractivity contribution is 5.73. The molecule has 2 rings (SSSR count). The van der Waals surface area contributed by atoms with Gasteiger partial charge in [0.1, 0.15) is 0 Å². The van der Waals surface area contributed by atoms with E-state index in [1.807, 2.05) is 0 Å². The Morgan fingerprint density at radius 3 is 2.31 bits per heavy atom. The molecule has 94 valence electrons. The van der Waals surface area contributed by atoms with Gasteiger partial charge in [0.2, 0.25) is 0 Å². The number of hydrogen-bond donors (Lipinski definition) is 2. The van der Waals surface area contributed by atoms with E-state index in [-0.39, 0.29) is 5.60 Å². The third-order valence-electron chi connectivity index (χ3n) is 2.63. The van der Waals surface area contributed by atoms with E-state index >= 15 is 0 Å². The van der Waals surface area contributed by atoms with Crippen LogP contribution in [0.25, 0.3) is 0 Å². The van der Waals surface area contributed by atoms with Crippen LogP contribution >= 0.6 is 0 Å². The van der Waals surface area contributed by atoms with E-state index < -0.39 is 12.1 Å². The highest BCUT2D eigenvalue weighted by atomic mass is 19.4. The SMILES string of the molecule is C1COC2(C1)CCNC2.O=C(O)C(F)(F)F. The van der Waals surface area contributed by atoms with Gasteiger partial charge >= 0.3 is 12.1 Å². The number of ether oxygens (including phenoxy) is 1. The van der Waals surface area contributed by atoms with Crippen molar-refractivity contribution in [3.05, 3.63) is 0 Å². The summed E-state index contributed by atoms with van der Waals surface area (Å²) in [6, 6.07) is 0. The minimum absolute atomic E-state index is 0.278. The molecular formula is C9H14F3NO3. The van der Waals surface area contributed by atoms with Gasteiger partial charge in [-0.3, -0.25) is 0 Å². The molecule has 1 spiro atoms. The molecule has 16 heavy (non-hydrogen) atoms. The molecule has 1 unspecified atom stereocenters. The molecule has 7 heteroatoms. The number of rotatable bonds is 0. The molecular weight excluding hydrogens is 227 g/mol. The second-order valence-electron chi connectivity index (χ2n) is 3.86. The third-order valence-corrected chi connectivity index (χ3v) is 2.63. The first kappa shape index (κ1) is 13.2. The Morgan fingerprint density at radius 2 is 2.00 bits per heavy atom. The minimum atomic E-state index is -5.08. The van der Waals surface area contributed by atoms with Crippen molar-refractivity contribution in [3.8, 4) is 0 Å². The van der Waals surface area contributed by atoms with Gasteiger partial charge in [-0.05, 0) is 25.8 Å². The Morgan fingerprint density at radius 1 is 1.38 bits per heavy atom. The summed E-state index contributed by atoms with van der Waals surface area (Å²) < 4.78 is 37.4. The number of carboxylic acids is 1. The fourth-order valence-corrected chi connectivity index (χ4v) is 1.81. The molecule has 1 atom stereocenters. The van der Waals surface area contributed by atoms with Gasteiger partial charge < -0.3 is 15.2 Å². The van der Waals surface area contributed by atoms with Gasteiger partial charge in [0, 0.05) is 13.2 Å². The number of aliphatic carboxylic acids is 1. The molecule has 0 aromatic heterocycles. The second kappa shape index (κ2) is 5.01. The van der Waals surface area contributed by atoms with Gasteiger partial charge in [-0.25, -0.2) is 4.79 Å². The Bertz CT molecular complexity index is 225. The average molecular weight is 241 g/mol. The van der Waals surface area contributed by atoms with Crippen LogP contribution in [0.4, 0.5) is 13.2 Å². The van der Waals surface area contributed by atoms with Crippen molar-refractivity contribution in [2.24, 2.45) is 0 Å². The van der Waals surface area contributed by atoms with Crippen LogP contribution < -0.4 is 5.32 Å². The van der Waals surface area contributed by atoms with Crippen LogP contribution in [0.15, 0.2) is 0 Å². The number of carbonyl (C=O) groups is 1. The number of hydrogen-bond acceptors (Lipinski definition) is 3. The van der Waals surface area contributed by atoms with E-state index in [1.165, 1.54) is 19.3 Å². The lowest BCUT2D eigenvalue weighted by atomic mass is 10.00. The van der Waals surface area contributed by atoms with Crippen LogP contribution in [0, 0.1) is 0 Å². The van der Waals surface area contributed by atoms with Crippen LogP contribution in [0.2, 0.25) is 0 Å². The molecule has 0 saturated carbocycles. The first-order valence-corrected chi connectivity index (χ1v) is 5.01. The molecule has 2 N–H and O–H groups in total. The summed E-state index contributed by atoms with van der Waals surface area (Å²) in [5.74, 6) is -2.76. The fourth-order valence-electron chi connectivity index (χ4n) is 1.81. The van der Waals surface area contributed by atoms with E-state index in [2.05, 4.69) is 5.32 Å². The maximum atomic E-state index is 10.6. The van der Waals surface area contributed by atoms with Gasteiger partial charge in [-0.15, -0.1) is 0 Å². The zero-order valence-electron chi connectivity index (χ0n) is 8.64. The number of alkyl halides is 3. The molecule has 0 bridgehead atoms. The quantitative estimate of drug-likeness (QED) is 0.668. The van der Waals surface area contributed by atoms with Crippen LogP contribution in [-0.4, -0.2) is 42.5 Å². The highest BCUT2D eigenvalue weighted by Crippen LogP contribution is 2.30. The van der Waals surface area contributed by atoms with Crippen molar-refractivity contribution in [3.63, 3.8) is 0 Å². The summed E-state index contributed by atoms with van der Waals surface area (Å²) in [5.41, 5.74) is 0.278. The predicted octanol–water partition coefficient (Wildman–Crippen LogP) is 1.16. The lowest BCUT2D eigenvalue weighted by molar-refractivity contribution is -0.192. The molecule has 0 aromatic carbocycles. The van der Waals surface area contributed by atoms with Gasteiger partial charge in [0.25, 0.3) is 0 Å². The fraction of sp³-hybridized carbons (Fsp3) is 0.889. The molecule has 4 nitrogen and oxygen atoms in total. The summed E-state index contributed by atoms with van der Waals surface area (Å²) in [5, 5.41) is 10.5. The maximum Gasteiger partial charge on any atom is 0.490 e. The molecule has 0 aliphatic carbocycles. The molecule has 0 amide bonds. The molecule has 0 aromatic rings. The summed E-state index contributed by atoms with van der Waals surface area (Å²) >= 11 is 0. The minimum Gasteiger partial charge on any atom is -0.475 e. The van der Waals surface area contributed by atoms with Crippen LogP contribution in [0.1, 0.15) is 19.3 Å². The smallest absolute Gasteiger partial charge is 0.475 e. The van der Waals surface area contributed by atoms with Crippen LogP contribution in [-0.2, 0) is 9.53 Å². The largest absolute Gasteiger partial charge is 0.490 e. The Kier molecular flexibility index (Phi) is 4.15. The Balaban J connectivity index is 0.000000168. The standard InChI is InChI=1S/C7H13NO.C2HF3O2/c1-2-7(9-5-1)3-4-8-6-7;3-2(4,5)1(6)7/h8H,1-6H2;(H,6,7). The van der Waals surface area contributed by atoms with E-state index in [9.17, 15) is 13.2 Å². The van der Waals surface area contributed by atoms with Gasteiger partial charge in [0.05, 0.1) is 5.60 Å². The summed E-state index contributed by atoms with van der Waals surface area (Å²) in [6.45, 7) is 3.23. The van der Waals surface area contributed by atoms with Crippen LogP contribution in [0.5, 0.6) is 0 Å². The van der Waals surface area contributed by atoms with Crippen LogP contribution in [0.3, 0.4) is 0 Å². The van der Waals surface area contributed by atoms with Gasteiger partial charge in [-0.2, -0.15) is 13.2 Å². The monoisotopic (exact) mass is 241 g/mol. The predicted molar refractivity (Wildman–Crippen MR) is 49.1 cm³/mol. The molecule has 0 radical (unpaired) electrons.